The standard InChI is InChI=1S/C19H24FN5/c20-14-1-3-17(4-2-14)25-7-5-16(6-8-25)24-19-11-18(22-12-23-19)13-9-15(21)10-13/h1-4,11-13,15-16H,5-10,21H2,(H,22,23,24). The Kier molecular flexibility index (Phi) is 4.53. The maximum absolute atomic E-state index is 13.1. The maximum Gasteiger partial charge on any atom is 0.129 e. The van der Waals surface area contributed by atoms with E-state index in [1.807, 2.05) is 12.1 Å². The van der Waals surface area contributed by atoms with Gasteiger partial charge in [-0.3, -0.25) is 0 Å². The molecule has 4 rings (SSSR count). The van der Waals surface area contributed by atoms with Crippen LogP contribution >= 0.6 is 0 Å². The van der Waals surface area contributed by atoms with Crippen molar-refractivity contribution in [3.63, 3.8) is 0 Å². The minimum absolute atomic E-state index is 0.188. The Morgan fingerprint density at radius 2 is 1.80 bits per heavy atom. The summed E-state index contributed by atoms with van der Waals surface area (Å²) in [6.07, 6.45) is 5.75. The SMILES string of the molecule is NC1CC(c2cc(NC3CCN(c4ccc(F)cc4)CC3)ncn2)C1. The minimum atomic E-state index is -0.188. The molecule has 3 N–H and O–H groups in total. The molecule has 1 aromatic heterocycles. The van der Waals surface area contributed by atoms with Crippen LogP contribution in [-0.4, -0.2) is 35.1 Å². The molecule has 0 spiro atoms. The van der Waals surface area contributed by atoms with Gasteiger partial charge in [-0.15, -0.1) is 0 Å². The first-order valence-corrected chi connectivity index (χ1v) is 9.02. The first-order valence-electron chi connectivity index (χ1n) is 9.02. The highest BCUT2D eigenvalue weighted by molar-refractivity contribution is 5.47. The van der Waals surface area contributed by atoms with Crippen molar-refractivity contribution in [2.75, 3.05) is 23.3 Å². The van der Waals surface area contributed by atoms with E-state index in [1.165, 1.54) is 12.1 Å². The van der Waals surface area contributed by atoms with Gasteiger partial charge in [0, 0.05) is 48.5 Å². The van der Waals surface area contributed by atoms with Crippen LogP contribution in [-0.2, 0) is 0 Å². The zero-order valence-electron chi connectivity index (χ0n) is 14.2. The van der Waals surface area contributed by atoms with Gasteiger partial charge in [0.05, 0.1) is 0 Å². The van der Waals surface area contributed by atoms with Crippen LogP contribution in [0.2, 0.25) is 0 Å². The Hall–Kier alpha value is -2.21. The van der Waals surface area contributed by atoms with Crippen molar-refractivity contribution in [1.29, 1.82) is 0 Å². The molecule has 0 atom stereocenters. The van der Waals surface area contributed by atoms with Gasteiger partial charge in [-0.25, -0.2) is 14.4 Å². The van der Waals surface area contributed by atoms with E-state index in [2.05, 4.69) is 26.3 Å². The molecule has 2 aliphatic rings. The van der Waals surface area contributed by atoms with E-state index in [9.17, 15) is 4.39 Å². The second-order valence-corrected chi connectivity index (χ2v) is 7.14. The van der Waals surface area contributed by atoms with Crippen molar-refractivity contribution in [2.45, 2.75) is 43.7 Å². The highest BCUT2D eigenvalue weighted by Crippen LogP contribution is 2.35. The molecule has 132 valence electrons. The lowest BCUT2D eigenvalue weighted by atomic mass is 9.78. The molecule has 1 saturated heterocycles. The normalized spacial score (nSPS) is 24.0. The fraction of sp³-hybridized carbons (Fsp3) is 0.474. The van der Waals surface area contributed by atoms with Crippen molar-refractivity contribution >= 4 is 11.5 Å². The monoisotopic (exact) mass is 341 g/mol. The largest absolute Gasteiger partial charge is 0.371 e. The molecule has 0 bridgehead atoms. The van der Waals surface area contributed by atoms with Crippen LogP contribution < -0.4 is 16.0 Å². The molecule has 2 aromatic rings. The van der Waals surface area contributed by atoms with Gasteiger partial charge in [-0.1, -0.05) is 0 Å². The van der Waals surface area contributed by atoms with Crippen LogP contribution in [0.4, 0.5) is 15.9 Å². The summed E-state index contributed by atoms with van der Waals surface area (Å²) >= 11 is 0. The second-order valence-electron chi connectivity index (χ2n) is 7.14. The molecule has 25 heavy (non-hydrogen) atoms. The van der Waals surface area contributed by atoms with E-state index < -0.39 is 0 Å². The molecular formula is C19H24FN5. The van der Waals surface area contributed by atoms with E-state index >= 15 is 0 Å². The molecule has 0 radical (unpaired) electrons. The van der Waals surface area contributed by atoms with Crippen molar-refractivity contribution in [2.24, 2.45) is 5.73 Å². The molecule has 6 heteroatoms. The Morgan fingerprint density at radius 1 is 1.08 bits per heavy atom. The summed E-state index contributed by atoms with van der Waals surface area (Å²) in [6.45, 7) is 1.91. The number of rotatable bonds is 4. The number of piperidine rings is 1. The van der Waals surface area contributed by atoms with Crippen LogP contribution in [0.25, 0.3) is 0 Å². The molecular weight excluding hydrogens is 317 g/mol. The summed E-state index contributed by atoms with van der Waals surface area (Å²) < 4.78 is 13.1. The summed E-state index contributed by atoms with van der Waals surface area (Å²) in [5, 5.41) is 3.55. The zero-order chi connectivity index (χ0) is 17.2. The molecule has 0 unspecified atom stereocenters. The Labute approximate surface area is 147 Å². The van der Waals surface area contributed by atoms with E-state index in [4.69, 9.17) is 5.73 Å². The first-order chi connectivity index (χ1) is 12.2. The van der Waals surface area contributed by atoms with Gasteiger partial charge in [-0.2, -0.15) is 0 Å². The lowest BCUT2D eigenvalue weighted by Gasteiger charge is -2.34. The number of nitrogens with one attached hydrogen (secondary N) is 1. The predicted molar refractivity (Wildman–Crippen MR) is 97.2 cm³/mol. The van der Waals surface area contributed by atoms with E-state index in [1.54, 1.807) is 6.33 Å². The topological polar surface area (TPSA) is 67.1 Å². The smallest absolute Gasteiger partial charge is 0.129 e. The van der Waals surface area contributed by atoms with Gasteiger partial charge in [0.25, 0.3) is 0 Å². The predicted octanol–water partition coefficient (Wildman–Crippen LogP) is 2.90. The third-order valence-corrected chi connectivity index (χ3v) is 5.32. The average Bonchev–Trinajstić information content (AvgIpc) is 2.61. The van der Waals surface area contributed by atoms with Crippen LogP contribution in [0.5, 0.6) is 0 Å². The summed E-state index contributed by atoms with van der Waals surface area (Å²) in [4.78, 5) is 11.1. The maximum atomic E-state index is 13.1. The highest BCUT2D eigenvalue weighted by atomic mass is 19.1. The Balaban J connectivity index is 1.32. The number of anilines is 2. The van der Waals surface area contributed by atoms with Gasteiger partial charge in [0.2, 0.25) is 0 Å². The van der Waals surface area contributed by atoms with Gasteiger partial charge in [-0.05, 0) is 49.9 Å². The van der Waals surface area contributed by atoms with E-state index in [0.717, 1.165) is 56.0 Å². The Morgan fingerprint density at radius 3 is 2.48 bits per heavy atom. The number of nitrogens with zero attached hydrogens (tertiary/aromatic N) is 3. The number of nitrogens with two attached hydrogens (primary N) is 1. The van der Waals surface area contributed by atoms with Gasteiger partial charge in [0.1, 0.15) is 18.0 Å². The summed E-state index contributed by atoms with van der Waals surface area (Å²) in [5.74, 6) is 1.21. The fourth-order valence-electron chi connectivity index (χ4n) is 3.72. The molecule has 5 nitrogen and oxygen atoms in total. The van der Waals surface area contributed by atoms with Crippen LogP contribution in [0.15, 0.2) is 36.7 Å². The van der Waals surface area contributed by atoms with Gasteiger partial charge >= 0.3 is 0 Å². The van der Waals surface area contributed by atoms with Crippen LogP contribution in [0.3, 0.4) is 0 Å². The van der Waals surface area contributed by atoms with Crippen molar-refractivity contribution in [3.05, 3.63) is 48.2 Å². The molecule has 2 fully saturated rings. The summed E-state index contributed by atoms with van der Waals surface area (Å²) in [6, 6.07) is 9.55. The fourth-order valence-corrected chi connectivity index (χ4v) is 3.72. The van der Waals surface area contributed by atoms with Crippen molar-refractivity contribution in [3.8, 4) is 0 Å². The third-order valence-electron chi connectivity index (χ3n) is 5.32. The lowest BCUT2D eigenvalue weighted by Crippen LogP contribution is -2.39. The molecule has 1 aromatic carbocycles. The molecule has 0 amide bonds. The molecule has 2 heterocycles. The lowest BCUT2D eigenvalue weighted by molar-refractivity contribution is 0.345. The number of halogens is 1. The zero-order valence-corrected chi connectivity index (χ0v) is 14.2. The van der Waals surface area contributed by atoms with Crippen molar-refractivity contribution < 1.29 is 4.39 Å². The van der Waals surface area contributed by atoms with Crippen molar-refractivity contribution in [1.82, 2.24) is 9.97 Å². The highest BCUT2D eigenvalue weighted by Gasteiger charge is 2.29. The first kappa shape index (κ1) is 16.3. The number of aromatic nitrogens is 2. The summed E-state index contributed by atoms with van der Waals surface area (Å²) in [7, 11) is 0. The van der Waals surface area contributed by atoms with Crippen LogP contribution in [0, 0.1) is 5.82 Å². The van der Waals surface area contributed by atoms with Gasteiger partial charge < -0.3 is 16.0 Å². The second kappa shape index (κ2) is 6.96. The molecule has 1 saturated carbocycles. The number of hydrogen-bond acceptors (Lipinski definition) is 5. The summed E-state index contributed by atoms with van der Waals surface area (Å²) in [5.41, 5.74) is 8.07. The third kappa shape index (κ3) is 3.74. The number of benzene rings is 1. The average molecular weight is 341 g/mol. The van der Waals surface area contributed by atoms with E-state index in [0.29, 0.717) is 18.0 Å². The number of hydrogen-bond donors (Lipinski definition) is 2. The van der Waals surface area contributed by atoms with E-state index in [-0.39, 0.29) is 5.82 Å². The Bertz CT molecular complexity index is 706. The van der Waals surface area contributed by atoms with Gasteiger partial charge in [0.15, 0.2) is 0 Å². The minimum Gasteiger partial charge on any atom is -0.371 e. The molecule has 1 aliphatic carbocycles. The molecule has 1 aliphatic heterocycles. The van der Waals surface area contributed by atoms with Crippen LogP contribution in [0.1, 0.15) is 37.3 Å². The quantitative estimate of drug-likeness (QED) is 0.895.